The fourth-order valence-electron chi connectivity index (χ4n) is 4.02. The first kappa shape index (κ1) is 19.4. The normalized spacial score (nSPS) is 35.1. The molecule has 0 unspecified atom stereocenters. The summed E-state index contributed by atoms with van der Waals surface area (Å²) in [6.07, 6.45) is -6.46. The lowest BCUT2D eigenvalue weighted by atomic mass is 9.72. The van der Waals surface area contributed by atoms with Crippen LogP contribution in [0.1, 0.15) is 11.5 Å². The molecule has 0 aromatic heterocycles. The molecule has 2 aliphatic heterocycles. The van der Waals surface area contributed by atoms with Crippen molar-refractivity contribution >= 4 is 27.9 Å². The monoisotopic (exact) mass is 458 g/mol. The van der Waals surface area contributed by atoms with E-state index in [0.29, 0.717) is 21.5 Å². The van der Waals surface area contributed by atoms with Crippen molar-refractivity contribution in [3.8, 4) is 11.5 Å². The number of urea groups is 1. The summed E-state index contributed by atoms with van der Waals surface area (Å²) in [4.78, 5) is 26.5. The number of hydrogen-bond donors (Lipinski definition) is 4. The number of carbonyl (C=O) groups is 2. The Balaban J connectivity index is 1.82. The predicted octanol–water partition coefficient (Wildman–Crippen LogP) is -1.02. The minimum Gasteiger partial charge on any atom is -0.454 e. The number of amides is 3. The standard InChI is InChI=1S/C17H19BrN2O8/c1-19-10(21)4-20(17(19)26)12-11(13(22)15(24)16(25)14(12)23)6-2-8-9(3-7(6)18)28-5-27-8/h2-3,11-16,22-25H,4-5H2,1H3/t11-,12-,13-,14+,15+,16+/m1/s1. The molecule has 4 rings (SSSR count). The molecule has 2 fully saturated rings. The third-order valence-electron chi connectivity index (χ3n) is 5.56. The van der Waals surface area contributed by atoms with Gasteiger partial charge in [0, 0.05) is 17.4 Å². The highest BCUT2D eigenvalue weighted by molar-refractivity contribution is 9.10. The van der Waals surface area contributed by atoms with Crippen molar-refractivity contribution in [1.29, 1.82) is 0 Å². The van der Waals surface area contributed by atoms with Crippen molar-refractivity contribution in [2.24, 2.45) is 0 Å². The third kappa shape index (κ3) is 2.77. The Kier molecular flexibility index (Phi) is 4.74. The Morgan fingerprint density at radius 2 is 1.61 bits per heavy atom. The number of imide groups is 1. The van der Waals surface area contributed by atoms with Gasteiger partial charge >= 0.3 is 6.03 Å². The lowest BCUT2D eigenvalue weighted by Gasteiger charge is -2.47. The fourth-order valence-corrected chi connectivity index (χ4v) is 4.61. The van der Waals surface area contributed by atoms with Crippen LogP contribution in [-0.4, -0.2) is 93.0 Å². The lowest BCUT2D eigenvalue weighted by Crippen LogP contribution is -2.65. The number of benzene rings is 1. The van der Waals surface area contributed by atoms with Gasteiger partial charge in [0.1, 0.15) is 24.9 Å². The predicted molar refractivity (Wildman–Crippen MR) is 95.7 cm³/mol. The molecule has 6 atom stereocenters. The molecule has 2 heterocycles. The van der Waals surface area contributed by atoms with Crippen molar-refractivity contribution < 1.29 is 39.5 Å². The second-order valence-corrected chi connectivity index (χ2v) is 7.92. The van der Waals surface area contributed by atoms with Crippen LogP contribution in [0.2, 0.25) is 0 Å². The van der Waals surface area contributed by atoms with Crippen LogP contribution in [0.15, 0.2) is 16.6 Å². The van der Waals surface area contributed by atoms with Crippen LogP contribution >= 0.6 is 15.9 Å². The van der Waals surface area contributed by atoms with Gasteiger partial charge in [-0.25, -0.2) is 4.79 Å². The molecule has 1 aromatic rings. The number of likely N-dealkylation sites (N-methyl/N-ethyl adjacent to an activating group) is 1. The van der Waals surface area contributed by atoms with Crippen molar-refractivity contribution in [3.05, 3.63) is 22.2 Å². The molecule has 0 spiro atoms. The second kappa shape index (κ2) is 6.85. The summed E-state index contributed by atoms with van der Waals surface area (Å²) in [5.74, 6) is -0.609. The third-order valence-corrected chi connectivity index (χ3v) is 6.25. The summed E-state index contributed by atoms with van der Waals surface area (Å²) in [6.45, 7) is -0.291. The number of aliphatic hydroxyl groups excluding tert-OH is 4. The summed E-state index contributed by atoms with van der Waals surface area (Å²) in [5.41, 5.74) is 0.432. The van der Waals surface area contributed by atoms with Gasteiger partial charge in [0.05, 0.1) is 12.1 Å². The molecule has 152 valence electrons. The molecule has 0 radical (unpaired) electrons. The molecule has 28 heavy (non-hydrogen) atoms. The van der Waals surface area contributed by atoms with Crippen LogP contribution < -0.4 is 9.47 Å². The zero-order valence-corrected chi connectivity index (χ0v) is 16.3. The highest BCUT2D eigenvalue weighted by atomic mass is 79.9. The number of rotatable bonds is 2. The second-order valence-electron chi connectivity index (χ2n) is 7.07. The first-order valence-corrected chi connectivity index (χ1v) is 9.40. The lowest BCUT2D eigenvalue weighted by molar-refractivity contribution is -0.167. The molecule has 3 amide bonds. The van der Waals surface area contributed by atoms with E-state index in [1.54, 1.807) is 12.1 Å². The molecule has 0 bridgehead atoms. The molecule has 11 heteroatoms. The average molecular weight is 459 g/mol. The van der Waals surface area contributed by atoms with Crippen LogP contribution in [0, 0.1) is 0 Å². The summed E-state index contributed by atoms with van der Waals surface area (Å²) in [5, 5.41) is 41.9. The summed E-state index contributed by atoms with van der Waals surface area (Å²) >= 11 is 3.39. The van der Waals surface area contributed by atoms with E-state index in [1.807, 2.05) is 0 Å². The highest BCUT2D eigenvalue weighted by Gasteiger charge is 2.55. The van der Waals surface area contributed by atoms with Gasteiger partial charge in [-0.2, -0.15) is 0 Å². The summed E-state index contributed by atoms with van der Waals surface area (Å²) in [6, 6.07) is 1.38. The average Bonchev–Trinajstić information content (AvgIpc) is 3.21. The van der Waals surface area contributed by atoms with Crippen molar-refractivity contribution in [2.45, 2.75) is 36.4 Å². The van der Waals surface area contributed by atoms with Gasteiger partial charge in [0.15, 0.2) is 11.5 Å². The molecule has 10 nitrogen and oxygen atoms in total. The maximum absolute atomic E-state index is 12.5. The smallest absolute Gasteiger partial charge is 0.327 e. The number of nitrogens with zero attached hydrogens (tertiary/aromatic N) is 2. The van der Waals surface area contributed by atoms with E-state index in [2.05, 4.69) is 15.9 Å². The molecule has 1 aromatic carbocycles. The Bertz CT molecular complexity index is 836. The van der Waals surface area contributed by atoms with Gasteiger partial charge in [0.25, 0.3) is 0 Å². The van der Waals surface area contributed by atoms with E-state index in [4.69, 9.17) is 9.47 Å². The Morgan fingerprint density at radius 3 is 2.21 bits per heavy atom. The Hall–Kier alpha value is -1.92. The zero-order chi connectivity index (χ0) is 20.3. The van der Waals surface area contributed by atoms with Crippen LogP contribution in [0.4, 0.5) is 4.79 Å². The fraction of sp³-hybridized carbons (Fsp3) is 0.529. The molecular weight excluding hydrogens is 440 g/mol. The van der Waals surface area contributed by atoms with E-state index in [-0.39, 0.29) is 13.3 Å². The molecule has 3 aliphatic rings. The van der Waals surface area contributed by atoms with E-state index < -0.39 is 48.3 Å². The zero-order valence-electron chi connectivity index (χ0n) is 14.7. The van der Waals surface area contributed by atoms with Crippen molar-refractivity contribution in [3.63, 3.8) is 0 Å². The SMILES string of the molecule is CN1C(=O)CN([C@H]2[C@H](O)[C@H](O)[C@@H](O)[C@H](O)[C@@H]2c2cc3c(cc2Br)OCO3)C1=O. The number of aliphatic hydroxyl groups is 4. The molecular formula is C17H19BrN2O8. The molecule has 1 saturated heterocycles. The van der Waals surface area contributed by atoms with Crippen molar-refractivity contribution in [2.75, 3.05) is 20.4 Å². The summed E-state index contributed by atoms with van der Waals surface area (Å²) < 4.78 is 11.2. The van der Waals surface area contributed by atoms with Crippen LogP contribution in [-0.2, 0) is 4.79 Å². The van der Waals surface area contributed by atoms with Crippen molar-refractivity contribution in [1.82, 2.24) is 9.80 Å². The van der Waals surface area contributed by atoms with Gasteiger partial charge in [-0.1, -0.05) is 15.9 Å². The van der Waals surface area contributed by atoms with Crippen LogP contribution in [0.25, 0.3) is 0 Å². The first-order chi connectivity index (χ1) is 13.2. The maximum atomic E-state index is 12.5. The maximum Gasteiger partial charge on any atom is 0.327 e. The van der Waals surface area contributed by atoms with Gasteiger partial charge in [0.2, 0.25) is 12.7 Å². The van der Waals surface area contributed by atoms with Crippen LogP contribution in [0.3, 0.4) is 0 Å². The van der Waals surface area contributed by atoms with Gasteiger partial charge in [-0.3, -0.25) is 9.69 Å². The Morgan fingerprint density at radius 1 is 1.00 bits per heavy atom. The largest absolute Gasteiger partial charge is 0.454 e. The minimum absolute atomic E-state index is 0.0236. The molecule has 1 aliphatic carbocycles. The number of hydrogen-bond acceptors (Lipinski definition) is 8. The number of halogens is 1. The van der Waals surface area contributed by atoms with E-state index >= 15 is 0 Å². The van der Waals surface area contributed by atoms with E-state index in [0.717, 1.165) is 9.80 Å². The topological polar surface area (TPSA) is 140 Å². The van der Waals surface area contributed by atoms with E-state index in [9.17, 15) is 30.0 Å². The summed E-state index contributed by atoms with van der Waals surface area (Å²) in [7, 11) is 1.31. The van der Waals surface area contributed by atoms with Crippen LogP contribution in [0.5, 0.6) is 11.5 Å². The highest BCUT2D eigenvalue weighted by Crippen LogP contribution is 2.45. The Labute approximate surface area is 168 Å². The quantitative estimate of drug-likeness (QED) is 0.413. The molecule has 4 N–H and O–H groups in total. The number of carbonyl (C=O) groups excluding carboxylic acids is 2. The van der Waals surface area contributed by atoms with Gasteiger partial charge in [-0.05, 0) is 17.7 Å². The van der Waals surface area contributed by atoms with Gasteiger partial charge in [-0.15, -0.1) is 0 Å². The van der Waals surface area contributed by atoms with Gasteiger partial charge < -0.3 is 34.8 Å². The minimum atomic E-state index is -1.70. The molecule has 1 saturated carbocycles. The van der Waals surface area contributed by atoms with E-state index in [1.165, 1.54) is 7.05 Å². The first-order valence-electron chi connectivity index (χ1n) is 8.61. The number of fused-ring (bicyclic) bond motifs is 1. The number of ether oxygens (including phenoxy) is 2.